The predicted molar refractivity (Wildman–Crippen MR) is 113 cm³/mol. The molecular formula is C21H22BrN3O2. The second kappa shape index (κ2) is 8.48. The van der Waals surface area contributed by atoms with Crippen LogP contribution in [0.3, 0.4) is 0 Å². The number of ether oxygens (including phenoxy) is 1. The third-order valence-electron chi connectivity index (χ3n) is 4.40. The number of hydrogen-bond donors (Lipinski definition) is 0. The highest BCUT2D eigenvalue weighted by Crippen LogP contribution is 2.21. The average Bonchev–Trinajstić information content (AvgIpc) is 2.68. The van der Waals surface area contributed by atoms with E-state index in [9.17, 15) is 4.79 Å². The van der Waals surface area contributed by atoms with Crippen LogP contribution in [0.1, 0.15) is 44.5 Å². The number of benzene rings is 2. The fraction of sp³-hybridized carbons (Fsp3) is 0.286. The molecule has 2 aromatic carbocycles. The first-order valence-corrected chi connectivity index (χ1v) is 9.82. The monoisotopic (exact) mass is 427 g/mol. The van der Waals surface area contributed by atoms with Crippen molar-refractivity contribution in [2.45, 2.75) is 33.1 Å². The lowest BCUT2D eigenvalue weighted by Gasteiger charge is -2.14. The first kappa shape index (κ1) is 19.3. The predicted octanol–water partition coefficient (Wildman–Crippen LogP) is 4.95. The van der Waals surface area contributed by atoms with Gasteiger partial charge in [-0.25, -0.2) is 4.98 Å². The van der Waals surface area contributed by atoms with E-state index in [2.05, 4.69) is 34.9 Å². The molecule has 0 aliphatic rings. The van der Waals surface area contributed by atoms with Crippen molar-refractivity contribution >= 4 is 33.0 Å². The van der Waals surface area contributed by atoms with E-state index in [0.29, 0.717) is 23.3 Å². The van der Waals surface area contributed by atoms with Gasteiger partial charge in [-0.1, -0.05) is 29.8 Å². The average molecular weight is 428 g/mol. The normalized spacial score (nSPS) is 12.6. The Morgan fingerprint density at radius 1 is 1.22 bits per heavy atom. The van der Waals surface area contributed by atoms with Gasteiger partial charge >= 0.3 is 0 Å². The molecule has 0 amide bonds. The SMILES string of the molecule is CCOc1ccc(C=Nn2c([C@@H](C)CC)nc3ccc(Br)cc3c2=O)cc1. The summed E-state index contributed by atoms with van der Waals surface area (Å²) in [6.45, 7) is 6.70. The van der Waals surface area contributed by atoms with Crippen molar-refractivity contribution in [3.63, 3.8) is 0 Å². The molecule has 6 heteroatoms. The summed E-state index contributed by atoms with van der Waals surface area (Å²) in [6, 6.07) is 13.1. The number of halogens is 1. The summed E-state index contributed by atoms with van der Waals surface area (Å²) in [6.07, 6.45) is 2.54. The van der Waals surface area contributed by atoms with Gasteiger partial charge in [0.1, 0.15) is 11.6 Å². The fourth-order valence-electron chi connectivity index (χ4n) is 2.72. The van der Waals surface area contributed by atoms with Crippen LogP contribution in [-0.2, 0) is 0 Å². The summed E-state index contributed by atoms with van der Waals surface area (Å²) in [5, 5.41) is 5.00. The van der Waals surface area contributed by atoms with E-state index in [0.717, 1.165) is 22.2 Å². The molecule has 0 bridgehead atoms. The van der Waals surface area contributed by atoms with Gasteiger partial charge in [-0.2, -0.15) is 9.78 Å². The van der Waals surface area contributed by atoms with Crippen molar-refractivity contribution in [2.75, 3.05) is 6.61 Å². The van der Waals surface area contributed by atoms with E-state index in [-0.39, 0.29) is 11.5 Å². The zero-order valence-electron chi connectivity index (χ0n) is 15.6. The highest BCUT2D eigenvalue weighted by Gasteiger charge is 2.15. The molecule has 1 heterocycles. The number of nitrogens with zero attached hydrogens (tertiary/aromatic N) is 3. The van der Waals surface area contributed by atoms with Crippen LogP contribution >= 0.6 is 15.9 Å². The van der Waals surface area contributed by atoms with E-state index >= 15 is 0 Å². The quantitative estimate of drug-likeness (QED) is 0.522. The summed E-state index contributed by atoms with van der Waals surface area (Å²) >= 11 is 3.42. The fourth-order valence-corrected chi connectivity index (χ4v) is 3.08. The van der Waals surface area contributed by atoms with Gasteiger partial charge in [0.2, 0.25) is 0 Å². The minimum Gasteiger partial charge on any atom is -0.494 e. The molecule has 0 fully saturated rings. The minimum atomic E-state index is -0.168. The highest BCUT2D eigenvalue weighted by atomic mass is 79.9. The maximum absolute atomic E-state index is 13.1. The molecular weight excluding hydrogens is 406 g/mol. The molecule has 0 N–H and O–H groups in total. The lowest BCUT2D eigenvalue weighted by atomic mass is 10.1. The van der Waals surface area contributed by atoms with Crippen LogP contribution in [0.15, 0.2) is 56.8 Å². The number of fused-ring (bicyclic) bond motifs is 1. The van der Waals surface area contributed by atoms with Crippen molar-refractivity contribution in [3.05, 3.63) is 68.7 Å². The van der Waals surface area contributed by atoms with Crippen molar-refractivity contribution in [2.24, 2.45) is 5.10 Å². The van der Waals surface area contributed by atoms with Gasteiger partial charge < -0.3 is 4.74 Å². The first-order valence-electron chi connectivity index (χ1n) is 9.03. The van der Waals surface area contributed by atoms with E-state index in [1.165, 1.54) is 4.68 Å². The van der Waals surface area contributed by atoms with Gasteiger partial charge in [0, 0.05) is 10.4 Å². The van der Waals surface area contributed by atoms with Crippen LogP contribution in [0.2, 0.25) is 0 Å². The molecule has 0 saturated heterocycles. The molecule has 1 aromatic heterocycles. The molecule has 5 nitrogen and oxygen atoms in total. The summed E-state index contributed by atoms with van der Waals surface area (Å²) in [4.78, 5) is 17.8. The molecule has 140 valence electrons. The van der Waals surface area contributed by atoms with Gasteiger partial charge in [0.25, 0.3) is 5.56 Å². The number of rotatable bonds is 6. The van der Waals surface area contributed by atoms with Gasteiger partial charge in [-0.05, 0) is 61.4 Å². The zero-order valence-corrected chi connectivity index (χ0v) is 17.2. The van der Waals surface area contributed by atoms with Crippen LogP contribution in [-0.4, -0.2) is 22.5 Å². The van der Waals surface area contributed by atoms with Crippen molar-refractivity contribution in [1.29, 1.82) is 0 Å². The molecule has 0 spiro atoms. The third kappa shape index (κ3) is 4.27. The highest BCUT2D eigenvalue weighted by molar-refractivity contribution is 9.10. The van der Waals surface area contributed by atoms with Gasteiger partial charge in [0.15, 0.2) is 0 Å². The molecule has 0 aliphatic heterocycles. The van der Waals surface area contributed by atoms with Gasteiger partial charge in [0.05, 0.1) is 23.7 Å². The summed E-state index contributed by atoms with van der Waals surface area (Å²) < 4.78 is 7.71. The largest absolute Gasteiger partial charge is 0.494 e. The second-order valence-corrected chi connectivity index (χ2v) is 7.22. The minimum absolute atomic E-state index is 0.114. The Kier molecular flexibility index (Phi) is 6.06. The van der Waals surface area contributed by atoms with Crippen LogP contribution in [0.25, 0.3) is 10.9 Å². The topological polar surface area (TPSA) is 56.5 Å². The molecule has 27 heavy (non-hydrogen) atoms. The van der Waals surface area contributed by atoms with Crippen LogP contribution in [0.5, 0.6) is 5.75 Å². The first-order chi connectivity index (χ1) is 13.0. The van der Waals surface area contributed by atoms with Crippen LogP contribution < -0.4 is 10.3 Å². The van der Waals surface area contributed by atoms with Gasteiger partial charge in [-0.3, -0.25) is 4.79 Å². The molecule has 0 unspecified atom stereocenters. The summed E-state index contributed by atoms with van der Waals surface area (Å²) in [5.41, 5.74) is 1.40. The van der Waals surface area contributed by atoms with E-state index in [1.807, 2.05) is 43.3 Å². The second-order valence-electron chi connectivity index (χ2n) is 6.30. The summed E-state index contributed by atoms with van der Waals surface area (Å²) in [7, 11) is 0. The molecule has 0 saturated carbocycles. The smallest absolute Gasteiger partial charge is 0.282 e. The van der Waals surface area contributed by atoms with E-state index in [4.69, 9.17) is 9.72 Å². The van der Waals surface area contributed by atoms with E-state index < -0.39 is 0 Å². The molecule has 3 rings (SSSR count). The Bertz CT molecular complexity index is 1030. The van der Waals surface area contributed by atoms with Gasteiger partial charge in [-0.15, -0.1) is 0 Å². The maximum Gasteiger partial charge on any atom is 0.282 e. The Balaban J connectivity index is 2.08. The summed E-state index contributed by atoms with van der Waals surface area (Å²) in [5.74, 6) is 1.59. The lowest BCUT2D eigenvalue weighted by molar-refractivity contribution is 0.340. The van der Waals surface area contributed by atoms with Crippen molar-refractivity contribution < 1.29 is 4.74 Å². The Morgan fingerprint density at radius 3 is 2.63 bits per heavy atom. The van der Waals surface area contributed by atoms with E-state index in [1.54, 1.807) is 12.3 Å². The maximum atomic E-state index is 13.1. The van der Waals surface area contributed by atoms with Crippen LogP contribution in [0, 0.1) is 0 Å². The lowest BCUT2D eigenvalue weighted by Crippen LogP contribution is -2.23. The Morgan fingerprint density at radius 2 is 1.96 bits per heavy atom. The van der Waals surface area contributed by atoms with Crippen molar-refractivity contribution in [1.82, 2.24) is 9.66 Å². The Hall–Kier alpha value is -2.47. The molecule has 1 atom stereocenters. The number of hydrogen-bond acceptors (Lipinski definition) is 4. The van der Waals surface area contributed by atoms with Crippen LogP contribution in [0.4, 0.5) is 0 Å². The number of aromatic nitrogens is 2. The Labute approximate surface area is 166 Å². The zero-order chi connectivity index (χ0) is 19.4. The van der Waals surface area contributed by atoms with Crippen molar-refractivity contribution in [3.8, 4) is 5.75 Å². The molecule has 0 aliphatic carbocycles. The third-order valence-corrected chi connectivity index (χ3v) is 4.89. The molecule has 3 aromatic rings. The molecule has 0 radical (unpaired) electrons. The standard InChI is InChI=1S/C21H22BrN3O2/c1-4-14(3)20-24-19-11-8-16(22)12-18(19)21(26)25(20)23-13-15-6-9-17(10-7-15)27-5-2/h6-14H,4-5H2,1-3H3/t14-/m0/s1.